The van der Waals surface area contributed by atoms with Crippen LogP contribution in [0.3, 0.4) is 0 Å². The van der Waals surface area contributed by atoms with Gasteiger partial charge in [-0.1, -0.05) is 34.8 Å². The Balaban J connectivity index is 3.41. The second-order valence-corrected chi connectivity index (χ2v) is 4.99. The average Bonchev–Trinajstić information content (AvgIpc) is 2.49. The molecule has 0 unspecified atom stereocenters. The fourth-order valence-electron chi connectivity index (χ4n) is 1.30. The molecule has 0 amide bonds. The van der Waals surface area contributed by atoms with E-state index in [9.17, 15) is 19.2 Å². The zero-order valence-corrected chi connectivity index (χ0v) is 12.5. The number of rotatable bonds is 7. The van der Waals surface area contributed by atoms with Crippen molar-refractivity contribution in [2.75, 3.05) is 0 Å². The number of nitrogens with zero attached hydrogens (tertiary/aromatic N) is 2. The first-order chi connectivity index (χ1) is 9.93. The molecule has 0 fully saturated rings. The Morgan fingerprint density at radius 2 is 1.43 bits per heavy atom. The van der Waals surface area contributed by atoms with Gasteiger partial charge in [0, 0.05) is 0 Å². The zero-order valence-electron chi connectivity index (χ0n) is 10.2. The summed E-state index contributed by atoms with van der Waals surface area (Å²) in [4.78, 5) is 43.5. The molecule has 0 heterocycles. The second kappa shape index (κ2) is 7.40. The van der Waals surface area contributed by atoms with Gasteiger partial charge in [-0.2, -0.15) is 10.2 Å². The van der Waals surface area contributed by atoms with E-state index in [1.54, 1.807) is 0 Å². The second-order valence-electron chi connectivity index (χ2n) is 3.79. The molecule has 1 aromatic carbocycles. The summed E-state index contributed by atoms with van der Waals surface area (Å²) >= 11 is 17.4. The lowest BCUT2D eigenvalue weighted by molar-refractivity contribution is -0.122. The molecule has 1 rings (SSSR count). The maximum Gasteiger partial charge on any atom is 0.216 e. The number of benzene rings is 1. The highest BCUT2D eigenvalue weighted by molar-refractivity contribution is 6.48. The van der Waals surface area contributed by atoms with Crippen molar-refractivity contribution >= 4 is 59.9 Å². The number of aldehydes is 4. The van der Waals surface area contributed by atoms with Gasteiger partial charge in [0.25, 0.3) is 0 Å². The number of carbonyl (C=O) groups is 4. The molecule has 0 aliphatic carbocycles. The Kier molecular flexibility index (Phi) is 6.14. The van der Waals surface area contributed by atoms with Gasteiger partial charge in [-0.15, -0.1) is 0 Å². The van der Waals surface area contributed by atoms with E-state index >= 15 is 0 Å². The van der Waals surface area contributed by atoms with Crippen LogP contribution in [0.2, 0.25) is 15.1 Å². The van der Waals surface area contributed by atoms with Crippen molar-refractivity contribution in [1.29, 1.82) is 0 Å². The number of hydrogen-bond acceptors (Lipinski definition) is 6. The van der Waals surface area contributed by atoms with E-state index in [1.807, 2.05) is 0 Å². The minimum Gasteiger partial charge on any atom is -0.300 e. The SMILES string of the molecule is O=CC(C=O)N=NC(C=O)(C=O)c1cc(Cl)c(Cl)c(Cl)c1. The first-order valence-electron chi connectivity index (χ1n) is 5.34. The molecule has 6 nitrogen and oxygen atoms in total. The molecule has 0 saturated carbocycles. The summed E-state index contributed by atoms with van der Waals surface area (Å²) in [5, 5.41) is 6.88. The van der Waals surface area contributed by atoms with Crippen LogP contribution in [0.25, 0.3) is 0 Å². The van der Waals surface area contributed by atoms with E-state index in [4.69, 9.17) is 34.8 Å². The number of halogens is 3. The van der Waals surface area contributed by atoms with Crippen molar-refractivity contribution in [1.82, 2.24) is 0 Å². The quantitative estimate of drug-likeness (QED) is 0.327. The minimum atomic E-state index is -2.07. The van der Waals surface area contributed by atoms with E-state index in [0.29, 0.717) is 0 Å². The van der Waals surface area contributed by atoms with E-state index in [1.165, 1.54) is 12.1 Å². The highest BCUT2D eigenvalue weighted by Crippen LogP contribution is 2.35. The van der Waals surface area contributed by atoms with Gasteiger partial charge in [0.1, 0.15) is 0 Å². The fourth-order valence-corrected chi connectivity index (χ4v) is 1.90. The third-order valence-corrected chi connectivity index (χ3v) is 3.64. The summed E-state index contributed by atoms with van der Waals surface area (Å²) in [6.07, 6.45) is 0.787. The Hall–Kier alpha value is -1.63. The minimum absolute atomic E-state index is 0.00441. The Morgan fingerprint density at radius 3 is 1.81 bits per heavy atom. The third-order valence-electron chi connectivity index (χ3n) is 2.44. The van der Waals surface area contributed by atoms with Crippen molar-refractivity contribution in [3.8, 4) is 0 Å². The van der Waals surface area contributed by atoms with Crippen LogP contribution in [0.4, 0.5) is 0 Å². The van der Waals surface area contributed by atoms with Gasteiger partial charge >= 0.3 is 0 Å². The molecule has 0 aliphatic rings. The lowest BCUT2D eigenvalue weighted by Crippen LogP contribution is -2.28. The van der Waals surface area contributed by atoms with Gasteiger partial charge in [0.15, 0.2) is 31.2 Å². The Labute approximate surface area is 134 Å². The van der Waals surface area contributed by atoms with Crippen molar-refractivity contribution in [2.45, 2.75) is 11.6 Å². The van der Waals surface area contributed by atoms with E-state index < -0.39 is 11.6 Å². The first-order valence-corrected chi connectivity index (χ1v) is 6.47. The molecule has 9 heteroatoms. The summed E-state index contributed by atoms with van der Waals surface area (Å²) in [5.41, 5.74) is -2.06. The summed E-state index contributed by atoms with van der Waals surface area (Å²) in [7, 11) is 0. The van der Waals surface area contributed by atoms with Crippen molar-refractivity contribution < 1.29 is 19.2 Å². The summed E-state index contributed by atoms with van der Waals surface area (Å²) in [5.74, 6) is 0. The van der Waals surface area contributed by atoms with Gasteiger partial charge in [-0.3, -0.25) is 9.59 Å². The average molecular weight is 350 g/mol. The molecule has 0 bridgehead atoms. The van der Waals surface area contributed by atoms with Crippen LogP contribution in [0.5, 0.6) is 0 Å². The van der Waals surface area contributed by atoms with Crippen molar-refractivity contribution in [3.63, 3.8) is 0 Å². The van der Waals surface area contributed by atoms with Crippen LogP contribution < -0.4 is 0 Å². The summed E-state index contributed by atoms with van der Waals surface area (Å²) < 4.78 is 0. The van der Waals surface area contributed by atoms with E-state index in [0.717, 1.165) is 0 Å². The van der Waals surface area contributed by atoms with Crippen LogP contribution in [-0.2, 0) is 24.7 Å². The molecule has 0 radical (unpaired) electrons. The van der Waals surface area contributed by atoms with Gasteiger partial charge < -0.3 is 9.59 Å². The van der Waals surface area contributed by atoms with Crippen LogP contribution in [0, 0.1) is 0 Å². The predicted octanol–water partition coefficient (Wildman–Crippen LogP) is 2.46. The molecule has 110 valence electrons. The van der Waals surface area contributed by atoms with Gasteiger partial charge in [-0.05, 0) is 17.7 Å². The first kappa shape index (κ1) is 17.4. The van der Waals surface area contributed by atoms with Crippen molar-refractivity contribution in [3.05, 3.63) is 32.8 Å². The van der Waals surface area contributed by atoms with E-state index in [-0.39, 0.29) is 45.8 Å². The highest BCUT2D eigenvalue weighted by Gasteiger charge is 2.33. The normalized spacial score (nSPS) is 11.6. The standard InChI is InChI=1S/C12H7Cl3N2O4/c13-9-1-7(2-10(14)11(9)15)12(5-20,6-21)17-16-8(3-18)4-19/h1-6,8H. The maximum atomic E-state index is 11.3. The van der Waals surface area contributed by atoms with Gasteiger partial charge in [-0.25, -0.2) is 0 Å². The topological polar surface area (TPSA) is 93.0 Å². The number of carbonyl (C=O) groups excluding carboxylic acids is 4. The lowest BCUT2D eigenvalue weighted by atomic mass is 9.94. The molecular formula is C12H7Cl3N2O4. The zero-order chi connectivity index (χ0) is 16.0. The monoisotopic (exact) mass is 348 g/mol. The lowest BCUT2D eigenvalue weighted by Gasteiger charge is -2.17. The predicted molar refractivity (Wildman–Crippen MR) is 76.1 cm³/mol. The van der Waals surface area contributed by atoms with Crippen molar-refractivity contribution in [2.24, 2.45) is 10.2 Å². The number of azo groups is 1. The van der Waals surface area contributed by atoms with Gasteiger partial charge in [0.2, 0.25) is 5.54 Å². The van der Waals surface area contributed by atoms with Crippen LogP contribution in [0.15, 0.2) is 22.4 Å². The maximum absolute atomic E-state index is 11.3. The molecule has 0 aliphatic heterocycles. The Bertz CT molecular complexity index is 580. The fraction of sp³-hybridized carbons (Fsp3) is 0.167. The van der Waals surface area contributed by atoms with Crippen LogP contribution in [0.1, 0.15) is 5.56 Å². The third kappa shape index (κ3) is 3.72. The molecular weight excluding hydrogens is 343 g/mol. The molecule has 0 saturated heterocycles. The summed E-state index contributed by atoms with van der Waals surface area (Å²) in [6.45, 7) is 0. The molecule has 0 spiro atoms. The Morgan fingerprint density at radius 1 is 0.952 bits per heavy atom. The van der Waals surface area contributed by atoms with Gasteiger partial charge in [0.05, 0.1) is 15.1 Å². The van der Waals surface area contributed by atoms with E-state index in [2.05, 4.69) is 10.2 Å². The smallest absolute Gasteiger partial charge is 0.216 e. The molecule has 1 aromatic rings. The molecule has 21 heavy (non-hydrogen) atoms. The molecule has 0 N–H and O–H groups in total. The molecule has 0 atom stereocenters. The summed E-state index contributed by atoms with van der Waals surface area (Å²) in [6, 6.07) is 1.02. The number of hydrogen-bond donors (Lipinski definition) is 0. The van der Waals surface area contributed by atoms with Crippen LogP contribution >= 0.6 is 34.8 Å². The largest absolute Gasteiger partial charge is 0.300 e. The highest BCUT2D eigenvalue weighted by atomic mass is 35.5. The molecule has 0 aromatic heterocycles. The van der Waals surface area contributed by atoms with Crippen LogP contribution in [-0.4, -0.2) is 31.2 Å².